The van der Waals surface area contributed by atoms with E-state index in [1.807, 2.05) is 0 Å². The van der Waals surface area contributed by atoms with Gasteiger partial charge in [-0.15, -0.1) is 11.3 Å². The Morgan fingerprint density at radius 2 is 1.88 bits per heavy atom. The number of thiazole rings is 1. The number of amides is 1. The Labute approximate surface area is 159 Å². The highest BCUT2D eigenvalue weighted by Crippen LogP contribution is 2.32. The summed E-state index contributed by atoms with van der Waals surface area (Å²) >= 11 is 18.7. The largest absolute Gasteiger partial charge is 0.296 e. The van der Waals surface area contributed by atoms with Gasteiger partial charge in [-0.05, 0) is 18.2 Å². The van der Waals surface area contributed by atoms with Crippen molar-refractivity contribution in [1.82, 2.24) is 9.97 Å². The zero-order valence-electron chi connectivity index (χ0n) is 12.0. The van der Waals surface area contributed by atoms with E-state index >= 15 is 0 Å². The van der Waals surface area contributed by atoms with E-state index in [9.17, 15) is 13.6 Å². The Kier molecular flexibility index (Phi) is 5.19. The molecule has 0 spiro atoms. The van der Waals surface area contributed by atoms with E-state index in [1.54, 1.807) is 5.38 Å². The molecular weight excluding hydrogens is 415 g/mol. The Morgan fingerprint density at radius 3 is 2.60 bits per heavy atom. The smallest absolute Gasteiger partial charge is 0.277 e. The standard InChI is InChI=1S/C15H6Cl3F2N3OS/c16-7-4-21-13(12(18)11(7)17)14(24)23-15-22-10(5-25-15)6-1-2-8(19)9(20)3-6/h1-5H,(H,22,23,24). The number of aromatic nitrogens is 2. The summed E-state index contributed by atoms with van der Waals surface area (Å²) in [7, 11) is 0. The molecule has 0 bridgehead atoms. The van der Waals surface area contributed by atoms with E-state index in [-0.39, 0.29) is 25.9 Å². The van der Waals surface area contributed by atoms with Gasteiger partial charge in [-0.2, -0.15) is 0 Å². The third-order valence-corrected chi connectivity index (χ3v) is 5.07. The molecule has 3 aromatic rings. The molecule has 1 N–H and O–H groups in total. The highest BCUT2D eigenvalue weighted by molar-refractivity contribution is 7.14. The molecule has 0 aliphatic heterocycles. The highest BCUT2D eigenvalue weighted by Gasteiger charge is 2.18. The minimum absolute atomic E-state index is 0.0186. The summed E-state index contributed by atoms with van der Waals surface area (Å²) < 4.78 is 26.3. The van der Waals surface area contributed by atoms with E-state index < -0.39 is 17.5 Å². The summed E-state index contributed by atoms with van der Waals surface area (Å²) in [5.74, 6) is -2.56. The van der Waals surface area contributed by atoms with Crippen molar-refractivity contribution < 1.29 is 13.6 Å². The number of hydrogen-bond acceptors (Lipinski definition) is 4. The van der Waals surface area contributed by atoms with Gasteiger partial charge in [-0.3, -0.25) is 10.1 Å². The molecule has 10 heteroatoms. The average molecular weight is 421 g/mol. The maximum Gasteiger partial charge on any atom is 0.277 e. The first kappa shape index (κ1) is 18.0. The van der Waals surface area contributed by atoms with Crippen molar-refractivity contribution in [3.05, 3.63) is 62.2 Å². The van der Waals surface area contributed by atoms with Crippen LogP contribution >= 0.6 is 46.1 Å². The highest BCUT2D eigenvalue weighted by atomic mass is 35.5. The van der Waals surface area contributed by atoms with Crippen LogP contribution in [-0.4, -0.2) is 15.9 Å². The van der Waals surface area contributed by atoms with E-state index in [2.05, 4.69) is 15.3 Å². The minimum Gasteiger partial charge on any atom is -0.296 e. The lowest BCUT2D eigenvalue weighted by Crippen LogP contribution is -2.14. The number of nitrogens with one attached hydrogen (secondary N) is 1. The van der Waals surface area contributed by atoms with Crippen molar-refractivity contribution in [1.29, 1.82) is 0 Å². The quantitative estimate of drug-likeness (QED) is 0.592. The molecule has 0 aliphatic carbocycles. The number of hydrogen-bond donors (Lipinski definition) is 1. The lowest BCUT2D eigenvalue weighted by Gasteiger charge is -2.05. The second-order valence-corrected chi connectivity index (χ2v) is 6.72. The number of rotatable bonds is 3. The molecule has 0 fully saturated rings. The van der Waals surface area contributed by atoms with Crippen LogP contribution in [0.15, 0.2) is 29.8 Å². The fourth-order valence-electron chi connectivity index (χ4n) is 1.88. The van der Waals surface area contributed by atoms with Crippen LogP contribution in [0.1, 0.15) is 10.5 Å². The molecule has 25 heavy (non-hydrogen) atoms. The molecule has 128 valence electrons. The first-order valence-electron chi connectivity index (χ1n) is 6.58. The molecule has 0 unspecified atom stereocenters. The summed E-state index contributed by atoms with van der Waals surface area (Å²) in [6, 6.07) is 3.41. The second kappa shape index (κ2) is 7.21. The molecule has 4 nitrogen and oxygen atoms in total. The second-order valence-electron chi connectivity index (χ2n) is 4.70. The van der Waals surface area contributed by atoms with Crippen LogP contribution in [0.2, 0.25) is 15.1 Å². The van der Waals surface area contributed by atoms with Gasteiger partial charge in [0.1, 0.15) is 5.69 Å². The molecule has 0 saturated heterocycles. The topological polar surface area (TPSA) is 54.9 Å². The number of halogens is 5. The monoisotopic (exact) mass is 419 g/mol. The van der Waals surface area contributed by atoms with Crippen molar-refractivity contribution in [2.45, 2.75) is 0 Å². The third kappa shape index (κ3) is 3.74. The van der Waals surface area contributed by atoms with Crippen LogP contribution in [0.25, 0.3) is 11.3 Å². The van der Waals surface area contributed by atoms with E-state index in [0.29, 0.717) is 11.3 Å². The van der Waals surface area contributed by atoms with Crippen LogP contribution < -0.4 is 5.32 Å². The predicted octanol–water partition coefficient (Wildman–Crippen LogP) is 5.70. The van der Waals surface area contributed by atoms with Crippen LogP contribution in [-0.2, 0) is 0 Å². The summed E-state index contributed by atoms with van der Waals surface area (Å²) in [6.07, 6.45) is 1.21. The Hall–Kier alpha value is -1.80. The molecular formula is C15H6Cl3F2N3OS. The third-order valence-electron chi connectivity index (χ3n) is 3.07. The van der Waals surface area contributed by atoms with Crippen molar-refractivity contribution in [2.75, 3.05) is 5.32 Å². The average Bonchev–Trinajstić information content (AvgIpc) is 3.03. The molecule has 1 aromatic carbocycles. The van der Waals surface area contributed by atoms with Crippen molar-refractivity contribution in [3.8, 4) is 11.3 Å². The van der Waals surface area contributed by atoms with Crippen molar-refractivity contribution in [3.63, 3.8) is 0 Å². The molecule has 2 heterocycles. The molecule has 3 rings (SSSR count). The summed E-state index contributed by atoms with van der Waals surface area (Å²) in [6.45, 7) is 0. The lowest BCUT2D eigenvalue weighted by atomic mass is 10.2. The number of carbonyl (C=O) groups excluding carboxylic acids is 1. The van der Waals surface area contributed by atoms with Gasteiger partial charge in [0.05, 0.1) is 20.8 Å². The van der Waals surface area contributed by atoms with Crippen molar-refractivity contribution >= 4 is 57.2 Å². The molecule has 0 atom stereocenters. The SMILES string of the molecule is O=C(Nc1nc(-c2ccc(F)c(F)c2)cs1)c1ncc(Cl)c(Cl)c1Cl. The van der Waals surface area contributed by atoms with Gasteiger partial charge >= 0.3 is 0 Å². The number of anilines is 1. The van der Waals surface area contributed by atoms with Gasteiger partial charge in [-0.25, -0.2) is 18.7 Å². The van der Waals surface area contributed by atoms with Gasteiger partial charge < -0.3 is 0 Å². The Morgan fingerprint density at radius 1 is 1.12 bits per heavy atom. The van der Waals surface area contributed by atoms with Crippen molar-refractivity contribution in [2.24, 2.45) is 0 Å². The summed E-state index contributed by atoms with van der Waals surface area (Å²) in [5.41, 5.74) is 0.648. The number of nitrogens with zero attached hydrogens (tertiary/aromatic N) is 2. The van der Waals surface area contributed by atoms with Crippen LogP contribution in [0.5, 0.6) is 0 Å². The number of carbonyl (C=O) groups is 1. The summed E-state index contributed by atoms with van der Waals surface area (Å²) in [5, 5.41) is 4.40. The van der Waals surface area contributed by atoms with Crippen LogP contribution in [0.3, 0.4) is 0 Å². The maximum atomic E-state index is 13.3. The Bertz CT molecular complexity index is 981. The van der Waals surface area contributed by atoms with E-state index in [0.717, 1.165) is 23.5 Å². The number of benzene rings is 1. The van der Waals surface area contributed by atoms with Gasteiger partial charge in [-0.1, -0.05) is 34.8 Å². The van der Waals surface area contributed by atoms with E-state index in [4.69, 9.17) is 34.8 Å². The fraction of sp³-hybridized carbons (Fsp3) is 0. The molecule has 1 amide bonds. The Balaban J connectivity index is 1.83. The van der Waals surface area contributed by atoms with Gasteiger partial charge in [0.25, 0.3) is 5.91 Å². The fourth-order valence-corrected chi connectivity index (χ4v) is 3.16. The van der Waals surface area contributed by atoms with Crippen LogP contribution in [0.4, 0.5) is 13.9 Å². The summed E-state index contributed by atoms with van der Waals surface area (Å²) in [4.78, 5) is 20.2. The minimum atomic E-state index is -0.983. The molecule has 0 saturated carbocycles. The van der Waals surface area contributed by atoms with Crippen LogP contribution in [0, 0.1) is 11.6 Å². The normalized spacial score (nSPS) is 10.8. The maximum absolute atomic E-state index is 13.3. The zero-order valence-corrected chi connectivity index (χ0v) is 15.1. The first-order chi connectivity index (χ1) is 11.9. The molecule has 0 radical (unpaired) electrons. The van der Waals surface area contributed by atoms with Gasteiger partial charge in [0.2, 0.25) is 0 Å². The zero-order chi connectivity index (χ0) is 18.1. The molecule has 2 aromatic heterocycles. The number of pyridine rings is 1. The van der Waals surface area contributed by atoms with Gasteiger partial charge in [0.15, 0.2) is 16.8 Å². The van der Waals surface area contributed by atoms with Gasteiger partial charge in [0, 0.05) is 17.1 Å². The lowest BCUT2D eigenvalue weighted by molar-refractivity contribution is 0.102. The predicted molar refractivity (Wildman–Crippen MR) is 94.7 cm³/mol. The van der Waals surface area contributed by atoms with E-state index in [1.165, 1.54) is 12.3 Å². The molecule has 0 aliphatic rings. The first-order valence-corrected chi connectivity index (χ1v) is 8.60.